The summed E-state index contributed by atoms with van der Waals surface area (Å²) in [5.74, 6) is -0.765. The summed E-state index contributed by atoms with van der Waals surface area (Å²) in [5, 5.41) is 11.3. The Bertz CT molecular complexity index is 247. The maximum atomic E-state index is 11.3. The van der Waals surface area contributed by atoms with E-state index >= 15 is 0 Å². The summed E-state index contributed by atoms with van der Waals surface area (Å²) < 4.78 is 13.7. The molecule has 0 spiro atoms. The molecule has 14 heavy (non-hydrogen) atoms. The molecule has 0 amide bonds. The quantitative estimate of drug-likeness (QED) is 0.287. The Morgan fingerprint density at radius 2 is 2.07 bits per heavy atom. The molecule has 0 aromatic carbocycles. The minimum atomic E-state index is -4.41. The number of hydroxylamine groups is 3. The second-order valence-corrected chi connectivity index (χ2v) is 4.68. The van der Waals surface area contributed by atoms with Crippen LogP contribution in [-0.2, 0) is 14.1 Å². The molecule has 1 atom stereocenters. The van der Waals surface area contributed by atoms with Crippen LogP contribution in [0.15, 0.2) is 0 Å². The monoisotopic (exact) mass is 227 g/mol. The highest BCUT2D eigenvalue weighted by Gasteiger charge is 2.27. The van der Waals surface area contributed by atoms with Gasteiger partial charge in [0.2, 0.25) is 0 Å². The summed E-state index contributed by atoms with van der Waals surface area (Å²) in [5.41, 5.74) is 0. The van der Waals surface area contributed by atoms with Crippen molar-refractivity contribution in [2.75, 3.05) is 26.5 Å². The fourth-order valence-electron chi connectivity index (χ4n) is 0.919. The Hall–Kier alpha value is -0.460. The van der Waals surface area contributed by atoms with Crippen LogP contribution < -0.4 is 0 Å². The summed E-state index contributed by atoms with van der Waals surface area (Å²) in [7, 11) is -3.40. The molecule has 0 aliphatic carbocycles. The van der Waals surface area contributed by atoms with Gasteiger partial charge in [-0.2, -0.15) is 0 Å². The first kappa shape index (κ1) is 13.5. The highest BCUT2D eigenvalue weighted by atomic mass is 31.2. The third-order valence-electron chi connectivity index (χ3n) is 1.25. The summed E-state index contributed by atoms with van der Waals surface area (Å²) in [6.07, 6.45) is -0.925. The molecule has 1 unspecified atom stereocenters. The Labute approximate surface area is 81.6 Å². The lowest BCUT2D eigenvalue weighted by Crippen LogP contribution is -2.43. The first-order valence-corrected chi connectivity index (χ1v) is 5.72. The first-order valence-electron chi connectivity index (χ1n) is 3.92. The summed E-state index contributed by atoms with van der Waals surface area (Å²) in [4.78, 5) is 27.9. The van der Waals surface area contributed by atoms with Gasteiger partial charge in [0.25, 0.3) is 0 Å². The van der Waals surface area contributed by atoms with Crippen molar-refractivity contribution in [1.29, 1.82) is 0 Å². The molecule has 0 heterocycles. The zero-order valence-corrected chi connectivity index (χ0v) is 8.94. The zero-order valence-electron chi connectivity index (χ0n) is 8.04. The largest absolute Gasteiger partial charge is 0.632 e. The van der Waals surface area contributed by atoms with Gasteiger partial charge in [-0.05, 0) is 6.92 Å². The van der Waals surface area contributed by atoms with Gasteiger partial charge in [0.1, 0.15) is 0 Å². The maximum absolute atomic E-state index is 11.3. The molecule has 0 radical (unpaired) electrons. The third kappa shape index (κ3) is 6.99. The summed E-state index contributed by atoms with van der Waals surface area (Å²) >= 11 is 0. The lowest BCUT2D eigenvalue weighted by molar-refractivity contribution is -0.842. The van der Waals surface area contributed by atoms with Gasteiger partial charge in [0.15, 0.2) is 12.8 Å². The molecule has 0 saturated heterocycles. The van der Waals surface area contributed by atoms with E-state index in [4.69, 9.17) is 9.79 Å². The van der Waals surface area contributed by atoms with Gasteiger partial charge in [0, 0.05) is 0 Å². The van der Waals surface area contributed by atoms with E-state index in [9.17, 15) is 14.6 Å². The Morgan fingerprint density at radius 1 is 1.57 bits per heavy atom. The molecular formula is C6H14NO6P. The normalized spacial score (nSPS) is 16.1. The van der Waals surface area contributed by atoms with Crippen molar-refractivity contribution in [3.05, 3.63) is 5.21 Å². The van der Waals surface area contributed by atoms with Gasteiger partial charge >= 0.3 is 13.6 Å². The standard InChI is InChI=1S/C6H14NO6P/c1-3-13-6(8)4-7(2,9)5-14(10,11)12/h3-5H2,1-2H3,(H2,10,11,12). The van der Waals surface area contributed by atoms with E-state index in [1.165, 1.54) is 0 Å². The van der Waals surface area contributed by atoms with Gasteiger partial charge < -0.3 is 24.4 Å². The molecule has 2 N–H and O–H groups in total. The van der Waals surface area contributed by atoms with Gasteiger partial charge in [0.05, 0.1) is 13.7 Å². The van der Waals surface area contributed by atoms with Crippen LogP contribution in [0.1, 0.15) is 6.92 Å². The maximum Gasteiger partial charge on any atom is 0.379 e. The van der Waals surface area contributed by atoms with E-state index < -0.39 is 31.0 Å². The minimum Gasteiger partial charge on any atom is -0.632 e. The van der Waals surface area contributed by atoms with E-state index in [1.54, 1.807) is 6.92 Å². The molecule has 8 heteroatoms. The number of hydrogen-bond donors (Lipinski definition) is 2. The summed E-state index contributed by atoms with van der Waals surface area (Å²) in [6.45, 7) is 1.11. The molecule has 0 saturated carbocycles. The van der Waals surface area contributed by atoms with Gasteiger partial charge in [-0.3, -0.25) is 4.57 Å². The van der Waals surface area contributed by atoms with Crippen LogP contribution >= 0.6 is 7.60 Å². The second-order valence-electron chi connectivity index (χ2n) is 3.07. The predicted molar refractivity (Wildman–Crippen MR) is 48.0 cm³/mol. The number of carbonyl (C=O) groups excluding carboxylic acids is 1. The number of hydrogen-bond acceptors (Lipinski definition) is 4. The molecule has 0 rings (SSSR count). The Balaban J connectivity index is 4.20. The molecule has 0 aliphatic rings. The molecular weight excluding hydrogens is 213 g/mol. The lowest BCUT2D eigenvalue weighted by atomic mass is 10.6. The highest BCUT2D eigenvalue weighted by Crippen LogP contribution is 2.36. The van der Waals surface area contributed by atoms with Crippen LogP contribution in [0.2, 0.25) is 0 Å². The van der Waals surface area contributed by atoms with Crippen LogP contribution in [-0.4, -0.2) is 46.9 Å². The van der Waals surface area contributed by atoms with E-state index in [2.05, 4.69) is 4.74 Å². The number of carbonyl (C=O) groups is 1. The zero-order chi connectivity index (χ0) is 11.4. The molecule has 0 aliphatic heterocycles. The van der Waals surface area contributed by atoms with Gasteiger partial charge in [-0.15, -0.1) is 0 Å². The average Bonchev–Trinajstić information content (AvgIpc) is 1.78. The van der Waals surface area contributed by atoms with Crippen molar-refractivity contribution >= 4 is 13.6 Å². The van der Waals surface area contributed by atoms with Crippen LogP contribution in [0.25, 0.3) is 0 Å². The minimum absolute atomic E-state index is 0.134. The summed E-state index contributed by atoms with van der Waals surface area (Å²) in [6, 6.07) is 0. The number of nitrogens with zero attached hydrogens (tertiary/aromatic N) is 1. The predicted octanol–water partition coefficient (Wildman–Crippen LogP) is -0.371. The molecule has 0 bridgehead atoms. The fourth-order valence-corrected chi connectivity index (χ4v) is 1.80. The highest BCUT2D eigenvalue weighted by molar-refractivity contribution is 7.51. The molecule has 0 fully saturated rings. The van der Waals surface area contributed by atoms with E-state index in [1.807, 2.05) is 0 Å². The molecule has 0 aromatic heterocycles. The number of ether oxygens (including phenoxy) is 1. The number of esters is 1. The third-order valence-corrected chi connectivity index (χ3v) is 2.22. The fraction of sp³-hybridized carbons (Fsp3) is 0.833. The lowest BCUT2D eigenvalue weighted by Gasteiger charge is -2.36. The van der Waals surface area contributed by atoms with Crippen molar-refractivity contribution in [1.82, 2.24) is 0 Å². The second kappa shape index (κ2) is 4.86. The van der Waals surface area contributed by atoms with Crippen LogP contribution in [0, 0.1) is 5.21 Å². The van der Waals surface area contributed by atoms with Gasteiger partial charge in [-0.1, -0.05) is 0 Å². The first-order chi connectivity index (χ1) is 6.16. The molecule has 84 valence electrons. The number of likely N-dealkylation sites (N-methyl/N-ethyl adjacent to an activating group) is 1. The van der Waals surface area contributed by atoms with Crippen molar-refractivity contribution < 1.29 is 28.5 Å². The van der Waals surface area contributed by atoms with E-state index in [-0.39, 0.29) is 6.61 Å². The topological polar surface area (TPSA) is 107 Å². The van der Waals surface area contributed by atoms with Crippen LogP contribution in [0.4, 0.5) is 0 Å². The SMILES string of the molecule is CCOC(=O)C[N+](C)([O-])CP(=O)(O)O. The Kier molecular flexibility index (Phi) is 4.70. The number of quaternary nitrogens is 1. The molecule has 0 aromatic rings. The van der Waals surface area contributed by atoms with Crippen molar-refractivity contribution in [2.45, 2.75) is 6.92 Å². The smallest absolute Gasteiger partial charge is 0.379 e. The van der Waals surface area contributed by atoms with Crippen LogP contribution in [0.3, 0.4) is 0 Å². The van der Waals surface area contributed by atoms with E-state index in [0.717, 1.165) is 7.05 Å². The van der Waals surface area contributed by atoms with Crippen molar-refractivity contribution in [3.63, 3.8) is 0 Å². The average molecular weight is 227 g/mol. The van der Waals surface area contributed by atoms with Crippen LogP contribution in [0.5, 0.6) is 0 Å². The van der Waals surface area contributed by atoms with Crippen molar-refractivity contribution in [2.24, 2.45) is 0 Å². The number of rotatable bonds is 5. The Morgan fingerprint density at radius 3 is 2.43 bits per heavy atom. The van der Waals surface area contributed by atoms with Gasteiger partial charge in [-0.25, -0.2) is 4.79 Å². The van der Waals surface area contributed by atoms with E-state index in [0.29, 0.717) is 0 Å². The molecule has 7 nitrogen and oxygen atoms in total. The van der Waals surface area contributed by atoms with Crippen molar-refractivity contribution in [3.8, 4) is 0 Å².